The van der Waals surface area contributed by atoms with Gasteiger partial charge in [-0.1, -0.05) is 48.9 Å². The summed E-state index contributed by atoms with van der Waals surface area (Å²) in [5, 5.41) is 12.2. The molecule has 0 fully saturated rings. The fraction of sp³-hybridized carbons (Fsp3) is 0.471. The van der Waals surface area contributed by atoms with Crippen LogP contribution in [0, 0.1) is 6.92 Å². The fourth-order valence-electron chi connectivity index (χ4n) is 2.43. The van der Waals surface area contributed by atoms with E-state index in [-0.39, 0.29) is 11.9 Å². The van der Waals surface area contributed by atoms with Gasteiger partial charge in [0.25, 0.3) is 0 Å². The lowest BCUT2D eigenvalue weighted by atomic mass is 10.1. The zero-order valence-electron chi connectivity index (χ0n) is 14.2. The second-order valence-electron chi connectivity index (χ2n) is 5.78. The number of thioether (sulfide) groups is 1. The van der Waals surface area contributed by atoms with Gasteiger partial charge >= 0.3 is 0 Å². The van der Waals surface area contributed by atoms with Gasteiger partial charge in [-0.3, -0.25) is 4.79 Å². The van der Waals surface area contributed by atoms with Crippen LogP contribution >= 0.6 is 11.8 Å². The van der Waals surface area contributed by atoms with Crippen molar-refractivity contribution in [1.29, 1.82) is 0 Å². The van der Waals surface area contributed by atoms with Crippen LogP contribution in [0.2, 0.25) is 0 Å². The third-order valence-corrected chi connectivity index (χ3v) is 4.59. The first-order valence-corrected chi connectivity index (χ1v) is 8.88. The predicted octanol–water partition coefficient (Wildman–Crippen LogP) is 3.19. The second kappa shape index (κ2) is 8.15. The molecule has 0 bridgehead atoms. The molecule has 2 aromatic rings. The summed E-state index contributed by atoms with van der Waals surface area (Å²) in [4.78, 5) is 11.9. The first-order valence-electron chi connectivity index (χ1n) is 7.89. The Hall–Kier alpha value is -1.82. The standard InChI is InChI=1S/C17H24N4OS/c1-5-7-13(3)18-15(22)11-23-17-20-19-16(21(17)4)14-9-6-8-12(2)10-14/h6,8-10,13H,5,7,11H2,1-4H3,(H,18,22)/t13-/m1/s1. The Morgan fingerprint density at radius 2 is 2.17 bits per heavy atom. The Bertz CT molecular complexity index is 668. The number of nitrogens with one attached hydrogen (secondary N) is 1. The van der Waals surface area contributed by atoms with E-state index in [0.29, 0.717) is 5.75 Å². The van der Waals surface area contributed by atoms with E-state index in [1.807, 2.05) is 30.7 Å². The molecule has 2 rings (SSSR count). The number of carbonyl (C=O) groups excluding carboxylic acids is 1. The molecule has 0 saturated carbocycles. The van der Waals surface area contributed by atoms with Crippen molar-refractivity contribution < 1.29 is 4.79 Å². The number of aryl methyl sites for hydroxylation is 1. The van der Waals surface area contributed by atoms with Crippen molar-refractivity contribution in [1.82, 2.24) is 20.1 Å². The van der Waals surface area contributed by atoms with E-state index >= 15 is 0 Å². The first-order chi connectivity index (χ1) is 11.0. The third-order valence-electron chi connectivity index (χ3n) is 3.57. The van der Waals surface area contributed by atoms with Crippen molar-refractivity contribution in [2.24, 2.45) is 7.05 Å². The second-order valence-corrected chi connectivity index (χ2v) is 6.72. The van der Waals surface area contributed by atoms with Gasteiger partial charge in [-0.05, 0) is 26.3 Å². The number of aromatic nitrogens is 3. The molecule has 1 aromatic carbocycles. The summed E-state index contributed by atoms with van der Waals surface area (Å²) in [6.45, 7) is 6.20. The molecule has 6 heteroatoms. The summed E-state index contributed by atoms with van der Waals surface area (Å²) >= 11 is 1.41. The van der Waals surface area contributed by atoms with E-state index in [9.17, 15) is 4.79 Å². The molecule has 1 N–H and O–H groups in total. The minimum Gasteiger partial charge on any atom is -0.353 e. The highest BCUT2D eigenvalue weighted by Gasteiger charge is 2.13. The fourth-order valence-corrected chi connectivity index (χ4v) is 3.15. The minimum absolute atomic E-state index is 0.0380. The highest BCUT2D eigenvalue weighted by atomic mass is 32.2. The van der Waals surface area contributed by atoms with Crippen LogP contribution in [-0.2, 0) is 11.8 Å². The number of hydrogen-bond donors (Lipinski definition) is 1. The summed E-state index contributed by atoms with van der Waals surface area (Å²) in [5.74, 6) is 1.21. The normalized spacial score (nSPS) is 12.2. The Balaban J connectivity index is 1.99. The third kappa shape index (κ3) is 4.82. The van der Waals surface area contributed by atoms with Crippen LogP contribution in [0.3, 0.4) is 0 Å². The number of rotatable bonds is 7. The van der Waals surface area contributed by atoms with Crippen LogP contribution < -0.4 is 5.32 Å². The zero-order chi connectivity index (χ0) is 16.8. The van der Waals surface area contributed by atoms with Crippen LogP contribution in [-0.4, -0.2) is 32.5 Å². The highest BCUT2D eigenvalue weighted by molar-refractivity contribution is 7.99. The van der Waals surface area contributed by atoms with Crippen LogP contribution in [0.15, 0.2) is 29.4 Å². The molecule has 0 radical (unpaired) electrons. The zero-order valence-corrected chi connectivity index (χ0v) is 15.0. The van der Waals surface area contributed by atoms with Crippen molar-refractivity contribution in [2.75, 3.05) is 5.75 Å². The van der Waals surface area contributed by atoms with Crippen molar-refractivity contribution in [3.8, 4) is 11.4 Å². The molecule has 1 atom stereocenters. The molecule has 1 heterocycles. The van der Waals surface area contributed by atoms with Gasteiger partial charge in [0, 0.05) is 18.7 Å². The molecular weight excluding hydrogens is 308 g/mol. The van der Waals surface area contributed by atoms with E-state index in [4.69, 9.17) is 0 Å². The van der Waals surface area contributed by atoms with Gasteiger partial charge in [0.05, 0.1) is 5.75 Å². The summed E-state index contributed by atoms with van der Waals surface area (Å²) in [6.07, 6.45) is 2.07. The summed E-state index contributed by atoms with van der Waals surface area (Å²) in [5.41, 5.74) is 2.22. The lowest BCUT2D eigenvalue weighted by molar-refractivity contribution is -0.119. The smallest absolute Gasteiger partial charge is 0.230 e. The SMILES string of the molecule is CCC[C@@H](C)NC(=O)CSc1nnc(-c2cccc(C)c2)n1C. The predicted molar refractivity (Wildman–Crippen MR) is 94.4 cm³/mol. The molecule has 1 aromatic heterocycles. The summed E-state index contributed by atoms with van der Waals surface area (Å²) in [6, 6.07) is 8.38. The maximum atomic E-state index is 11.9. The van der Waals surface area contributed by atoms with Gasteiger partial charge in [-0.2, -0.15) is 0 Å². The number of amides is 1. The van der Waals surface area contributed by atoms with Crippen molar-refractivity contribution in [3.63, 3.8) is 0 Å². The Morgan fingerprint density at radius 1 is 1.39 bits per heavy atom. The van der Waals surface area contributed by atoms with Gasteiger partial charge in [0.2, 0.25) is 5.91 Å². The Morgan fingerprint density at radius 3 is 2.87 bits per heavy atom. The van der Waals surface area contributed by atoms with E-state index in [1.54, 1.807) is 0 Å². The molecule has 1 amide bonds. The van der Waals surface area contributed by atoms with Crippen LogP contribution in [0.1, 0.15) is 32.3 Å². The molecule has 0 aliphatic rings. The van der Waals surface area contributed by atoms with Gasteiger partial charge in [-0.25, -0.2) is 0 Å². The van der Waals surface area contributed by atoms with Gasteiger partial charge in [0.1, 0.15) is 0 Å². The average Bonchev–Trinajstić information content (AvgIpc) is 2.86. The largest absolute Gasteiger partial charge is 0.353 e. The molecule has 5 nitrogen and oxygen atoms in total. The molecule has 0 aliphatic heterocycles. The number of hydrogen-bond acceptors (Lipinski definition) is 4. The highest BCUT2D eigenvalue weighted by Crippen LogP contribution is 2.23. The Kier molecular flexibility index (Phi) is 6.21. The molecule has 0 saturated heterocycles. The van der Waals surface area contributed by atoms with E-state index in [0.717, 1.165) is 29.4 Å². The van der Waals surface area contributed by atoms with Gasteiger partial charge in [0.15, 0.2) is 11.0 Å². The average molecular weight is 332 g/mol. The molecule has 124 valence electrons. The molecular formula is C17H24N4OS. The van der Waals surface area contributed by atoms with Gasteiger partial charge in [-0.15, -0.1) is 10.2 Å². The summed E-state index contributed by atoms with van der Waals surface area (Å²) < 4.78 is 1.93. The molecule has 0 unspecified atom stereocenters. The van der Waals surface area contributed by atoms with Gasteiger partial charge < -0.3 is 9.88 Å². The van der Waals surface area contributed by atoms with Crippen LogP contribution in [0.4, 0.5) is 0 Å². The minimum atomic E-state index is 0.0380. The van der Waals surface area contributed by atoms with E-state index in [2.05, 4.69) is 41.5 Å². The lowest BCUT2D eigenvalue weighted by Crippen LogP contribution is -2.33. The number of carbonyl (C=O) groups is 1. The van der Waals surface area contributed by atoms with E-state index in [1.165, 1.54) is 17.3 Å². The lowest BCUT2D eigenvalue weighted by Gasteiger charge is -2.12. The molecule has 23 heavy (non-hydrogen) atoms. The van der Waals surface area contributed by atoms with E-state index < -0.39 is 0 Å². The molecule has 0 spiro atoms. The number of nitrogens with zero attached hydrogens (tertiary/aromatic N) is 3. The Labute approximate surface area is 141 Å². The number of benzene rings is 1. The van der Waals surface area contributed by atoms with Crippen molar-refractivity contribution in [2.45, 2.75) is 44.8 Å². The maximum absolute atomic E-state index is 11.9. The van der Waals surface area contributed by atoms with Crippen LogP contribution in [0.25, 0.3) is 11.4 Å². The van der Waals surface area contributed by atoms with Crippen LogP contribution in [0.5, 0.6) is 0 Å². The monoisotopic (exact) mass is 332 g/mol. The first kappa shape index (κ1) is 17.5. The quantitative estimate of drug-likeness (QED) is 0.791. The topological polar surface area (TPSA) is 59.8 Å². The maximum Gasteiger partial charge on any atom is 0.230 e. The molecule has 0 aliphatic carbocycles. The van der Waals surface area contributed by atoms with Crippen molar-refractivity contribution >= 4 is 17.7 Å². The van der Waals surface area contributed by atoms with Crippen molar-refractivity contribution in [3.05, 3.63) is 29.8 Å². The summed E-state index contributed by atoms with van der Waals surface area (Å²) in [7, 11) is 1.93.